The van der Waals surface area contributed by atoms with Crippen LogP contribution in [0.4, 0.5) is 4.79 Å². The van der Waals surface area contributed by atoms with Gasteiger partial charge in [0.1, 0.15) is 6.10 Å². The van der Waals surface area contributed by atoms with Crippen LogP contribution in [0.1, 0.15) is 40.5 Å². The summed E-state index contributed by atoms with van der Waals surface area (Å²) in [5, 5.41) is 13.7. The number of nitrogens with one attached hydrogen (secondary N) is 1. The summed E-state index contributed by atoms with van der Waals surface area (Å²) in [5.74, 6) is -2.39. The molecule has 11 nitrogen and oxygen atoms in total. The Morgan fingerprint density at radius 3 is 2.35 bits per heavy atom. The van der Waals surface area contributed by atoms with Crippen molar-refractivity contribution in [3.63, 3.8) is 0 Å². The summed E-state index contributed by atoms with van der Waals surface area (Å²) in [6.45, 7) is 6.92. The topological polar surface area (TPSA) is 163 Å². The lowest BCUT2D eigenvalue weighted by Crippen LogP contribution is -2.37. The van der Waals surface area contributed by atoms with Crippen LogP contribution in [-0.4, -0.2) is 74.4 Å². The molecule has 2 amide bonds. The molecular formula is C29H40N2O9. The number of fused-ring (bicyclic) bond motifs is 2. The van der Waals surface area contributed by atoms with Gasteiger partial charge in [-0.05, 0) is 38.2 Å². The number of carbonyl (C=O) groups excluding carboxylic acids is 4. The van der Waals surface area contributed by atoms with Crippen molar-refractivity contribution >= 4 is 23.6 Å². The molecule has 2 bridgehead atoms. The lowest BCUT2D eigenvalue weighted by atomic mass is 9.85. The number of hydrogen-bond donors (Lipinski definition) is 3. The number of allylic oxidation sites excluding steroid dienone is 4. The predicted octanol–water partition coefficient (Wildman–Crippen LogP) is 2.41. The Kier molecular flexibility index (Phi) is 12.0. The van der Waals surface area contributed by atoms with E-state index in [0.717, 1.165) is 6.08 Å². The third-order valence-electron chi connectivity index (χ3n) is 6.95. The number of amides is 2. The fraction of sp³-hybridized carbons (Fsp3) is 0.517. The zero-order valence-electron chi connectivity index (χ0n) is 24.1. The van der Waals surface area contributed by atoms with Crippen LogP contribution in [0.25, 0.3) is 0 Å². The molecule has 0 aromatic heterocycles. The van der Waals surface area contributed by atoms with Crippen LogP contribution in [0.5, 0.6) is 0 Å². The highest BCUT2D eigenvalue weighted by molar-refractivity contribution is 6.23. The van der Waals surface area contributed by atoms with Gasteiger partial charge in [-0.3, -0.25) is 14.4 Å². The largest absolute Gasteiger partial charge is 0.492 e. The Balaban J connectivity index is 2.60. The minimum absolute atomic E-state index is 0.0801. The molecule has 0 aromatic rings. The molecule has 4 N–H and O–H groups in total. The molecule has 220 valence electrons. The summed E-state index contributed by atoms with van der Waals surface area (Å²) in [6, 6.07) is 0. The standard InChI is InChI=1S/C29H40N2O9/c1-15-11-19-25(34)20(14-21(32)27(19)39-7)31-28(35)16(2)9-8-10-22(37-5)26(40-29(30)36)18(4)13-17(3)24(33)23(12-15)38-6/h8-10,13-15,17,22-24,26,33H,11-12H2,1-7H3,(H2,30,36)(H,31,35)/b10-8+,16-9-,18-13+/t15-,17-,22-,23-,24+,26-/m0/s1. The smallest absolute Gasteiger partial charge is 0.405 e. The van der Waals surface area contributed by atoms with E-state index in [1.807, 2.05) is 6.92 Å². The zero-order valence-corrected chi connectivity index (χ0v) is 24.1. The van der Waals surface area contributed by atoms with Crippen LogP contribution in [0.15, 0.2) is 58.6 Å². The maximum absolute atomic E-state index is 13.3. The lowest BCUT2D eigenvalue weighted by Gasteiger charge is -2.29. The second-order valence-corrected chi connectivity index (χ2v) is 10.1. The molecule has 2 rings (SSSR count). The van der Waals surface area contributed by atoms with Gasteiger partial charge in [-0.15, -0.1) is 0 Å². The molecule has 0 aromatic carbocycles. The van der Waals surface area contributed by atoms with Gasteiger partial charge >= 0.3 is 6.09 Å². The fourth-order valence-corrected chi connectivity index (χ4v) is 4.78. The molecule has 1 aliphatic heterocycles. The molecule has 0 saturated carbocycles. The van der Waals surface area contributed by atoms with E-state index in [1.165, 1.54) is 34.3 Å². The first-order chi connectivity index (χ1) is 18.8. The number of rotatable bonds is 4. The maximum Gasteiger partial charge on any atom is 0.405 e. The van der Waals surface area contributed by atoms with Crippen LogP contribution in [0.2, 0.25) is 0 Å². The van der Waals surface area contributed by atoms with E-state index >= 15 is 0 Å². The monoisotopic (exact) mass is 560 g/mol. The Morgan fingerprint density at radius 2 is 1.77 bits per heavy atom. The van der Waals surface area contributed by atoms with Crippen molar-refractivity contribution < 1.29 is 43.2 Å². The van der Waals surface area contributed by atoms with Crippen LogP contribution in [0, 0.1) is 11.8 Å². The molecule has 40 heavy (non-hydrogen) atoms. The molecule has 1 heterocycles. The third kappa shape index (κ3) is 8.23. The molecule has 0 radical (unpaired) electrons. The SMILES string of the molecule is COC1=C2C[C@H](C)C[C@H](OC)[C@H](O)[C@@H](C)/C=C(\C)[C@H](OC(N)=O)[C@@H](OC)/C=C/C=C(/C)C(=O)NC(=CC1=O)C2=O. The minimum atomic E-state index is -1.00. The zero-order chi connectivity index (χ0) is 30.1. The van der Waals surface area contributed by atoms with Gasteiger partial charge in [0.15, 0.2) is 11.9 Å². The molecule has 0 fully saturated rings. The second-order valence-electron chi connectivity index (χ2n) is 10.1. The van der Waals surface area contributed by atoms with Gasteiger partial charge in [-0.1, -0.05) is 38.2 Å². The Bertz CT molecular complexity index is 1150. The molecule has 2 aliphatic rings. The van der Waals surface area contributed by atoms with Crippen LogP contribution in [-0.2, 0) is 33.3 Å². The Hall–Kier alpha value is -3.54. The summed E-state index contributed by atoms with van der Waals surface area (Å²) >= 11 is 0. The van der Waals surface area contributed by atoms with Crippen molar-refractivity contribution in [3.05, 3.63) is 58.6 Å². The van der Waals surface area contributed by atoms with Gasteiger partial charge in [-0.25, -0.2) is 4.79 Å². The summed E-state index contributed by atoms with van der Waals surface area (Å²) < 4.78 is 21.7. The van der Waals surface area contributed by atoms with Gasteiger partial charge < -0.3 is 35.1 Å². The Labute approximate surface area is 234 Å². The van der Waals surface area contributed by atoms with Crippen molar-refractivity contribution in [1.29, 1.82) is 0 Å². The van der Waals surface area contributed by atoms with E-state index in [4.69, 9.17) is 24.7 Å². The highest BCUT2D eigenvalue weighted by Gasteiger charge is 2.34. The maximum atomic E-state index is 13.3. The number of ether oxygens (including phenoxy) is 4. The molecule has 6 atom stereocenters. The normalized spacial score (nSPS) is 32.7. The molecule has 0 saturated heterocycles. The highest BCUT2D eigenvalue weighted by atomic mass is 16.6. The number of Topliss-reactive ketones (excluding diaryl/α,β-unsaturated/α-hetero) is 1. The third-order valence-corrected chi connectivity index (χ3v) is 6.95. The van der Waals surface area contributed by atoms with Crippen molar-refractivity contribution in [2.24, 2.45) is 17.6 Å². The summed E-state index contributed by atoms with van der Waals surface area (Å²) in [4.78, 5) is 50.6. The molecule has 11 heteroatoms. The predicted molar refractivity (Wildman–Crippen MR) is 147 cm³/mol. The number of carbonyl (C=O) groups is 4. The quantitative estimate of drug-likeness (QED) is 0.346. The summed E-state index contributed by atoms with van der Waals surface area (Å²) in [7, 11) is 4.21. The van der Waals surface area contributed by atoms with E-state index < -0.39 is 53.9 Å². The van der Waals surface area contributed by atoms with E-state index in [9.17, 15) is 24.3 Å². The van der Waals surface area contributed by atoms with E-state index in [0.29, 0.717) is 12.0 Å². The van der Waals surface area contributed by atoms with E-state index in [-0.39, 0.29) is 34.9 Å². The summed E-state index contributed by atoms with van der Waals surface area (Å²) in [6.07, 6.45) is 3.61. The minimum Gasteiger partial charge on any atom is -0.492 e. The second kappa shape index (κ2) is 14.7. The lowest BCUT2D eigenvalue weighted by molar-refractivity contribution is -0.120. The first-order valence-electron chi connectivity index (χ1n) is 13.0. The number of ketones is 2. The number of aliphatic hydroxyl groups is 1. The number of nitrogens with two attached hydrogens (primary N) is 1. The van der Waals surface area contributed by atoms with Crippen molar-refractivity contribution in [3.8, 4) is 0 Å². The molecule has 0 unspecified atom stereocenters. The molecular weight excluding hydrogens is 520 g/mol. The van der Waals surface area contributed by atoms with Crippen molar-refractivity contribution in [2.75, 3.05) is 21.3 Å². The first-order valence-corrected chi connectivity index (χ1v) is 13.0. The fourth-order valence-electron chi connectivity index (χ4n) is 4.78. The summed E-state index contributed by atoms with van der Waals surface area (Å²) in [5.41, 5.74) is 6.12. The Morgan fingerprint density at radius 1 is 1.10 bits per heavy atom. The molecule has 0 spiro atoms. The molecule has 1 aliphatic carbocycles. The van der Waals surface area contributed by atoms with E-state index in [1.54, 1.807) is 32.1 Å². The number of methoxy groups -OCH3 is 3. The van der Waals surface area contributed by atoms with Crippen LogP contribution < -0.4 is 11.1 Å². The van der Waals surface area contributed by atoms with Crippen LogP contribution >= 0.6 is 0 Å². The van der Waals surface area contributed by atoms with Gasteiger partial charge in [0.2, 0.25) is 11.6 Å². The van der Waals surface area contributed by atoms with Gasteiger partial charge in [0.25, 0.3) is 5.91 Å². The van der Waals surface area contributed by atoms with E-state index in [2.05, 4.69) is 5.32 Å². The number of hydrogen-bond acceptors (Lipinski definition) is 9. The highest BCUT2D eigenvalue weighted by Crippen LogP contribution is 2.29. The van der Waals surface area contributed by atoms with Gasteiger partial charge in [-0.2, -0.15) is 0 Å². The van der Waals surface area contributed by atoms with Gasteiger partial charge in [0, 0.05) is 37.4 Å². The average Bonchev–Trinajstić information content (AvgIpc) is 2.90. The average molecular weight is 561 g/mol. The van der Waals surface area contributed by atoms with Crippen molar-refractivity contribution in [2.45, 2.75) is 65.0 Å². The number of primary amides is 1. The van der Waals surface area contributed by atoms with Crippen LogP contribution in [0.3, 0.4) is 0 Å². The number of aliphatic hydroxyl groups excluding tert-OH is 1. The first kappa shape index (κ1) is 32.7. The van der Waals surface area contributed by atoms with Crippen molar-refractivity contribution in [1.82, 2.24) is 5.32 Å². The van der Waals surface area contributed by atoms with Gasteiger partial charge in [0.05, 0.1) is 25.0 Å².